The Kier molecular flexibility index (Phi) is 3.58. The lowest BCUT2D eigenvalue weighted by molar-refractivity contribution is 0.311. The summed E-state index contributed by atoms with van der Waals surface area (Å²) in [5, 5.41) is 12.5. The van der Waals surface area contributed by atoms with Crippen LogP contribution in [0.2, 0.25) is 0 Å². The first kappa shape index (κ1) is 12.9. The van der Waals surface area contributed by atoms with Crippen molar-refractivity contribution in [1.82, 2.24) is 5.32 Å². The monoisotopic (exact) mass is 243 g/mol. The molecule has 1 unspecified atom stereocenters. The molecule has 3 nitrogen and oxygen atoms in total. The fraction of sp³-hybridized carbons (Fsp3) is 0.533. The molecule has 0 saturated carbocycles. The number of nitrogens with one attached hydrogen (secondary N) is 1. The quantitative estimate of drug-likeness (QED) is 0.867. The lowest BCUT2D eigenvalue weighted by Crippen LogP contribution is -2.61. The molecule has 1 fully saturated rings. The molecule has 1 atom stereocenters. The number of hydrogen-bond acceptors (Lipinski definition) is 3. The molecule has 0 radical (unpaired) electrons. The standard InChI is InChI=1S/C15H21N3/c1-12-5-4-6-13(9-12)18-11-15(2,3)17-10-14(18)7-8-16/h4-6,9,14,17H,7,10-11H2,1-3H3. The van der Waals surface area contributed by atoms with Crippen LogP contribution in [0, 0.1) is 18.3 Å². The van der Waals surface area contributed by atoms with Crippen molar-refractivity contribution in [2.45, 2.75) is 38.8 Å². The lowest BCUT2D eigenvalue weighted by atomic mass is 9.96. The summed E-state index contributed by atoms with van der Waals surface area (Å²) >= 11 is 0. The molecule has 18 heavy (non-hydrogen) atoms. The van der Waals surface area contributed by atoms with E-state index in [9.17, 15) is 0 Å². The number of benzene rings is 1. The third kappa shape index (κ3) is 2.83. The van der Waals surface area contributed by atoms with E-state index in [2.05, 4.69) is 61.3 Å². The highest BCUT2D eigenvalue weighted by molar-refractivity contribution is 5.50. The van der Waals surface area contributed by atoms with Crippen LogP contribution in [0.1, 0.15) is 25.8 Å². The van der Waals surface area contributed by atoms with Gasteiger partial charge in [0, 0.05) is 24.3 Å². The van der Waals surface area contributed by atoms with Gasteiger partial charge in [0.25, 0.3) is 0 Å². The number of piperazine rings is 1. The van der Waals surface area contributed by atoms with Crippen molar-refractivity contribution in [1.29, 1.82) is 5.26 Å². The Balaban J connectivity index is 2.27. The summed E-state index contributed by atoms with van der Waals surface area (Å²) in [6, 6.07) is 11.1. The van der Waals surface area contributed by atoms with Crippen LogP contribution in [0.5, 0.6) is 0 Å². The van der Waals surface area contributed by atoms with E-state index >= 15 is 0 Å². The first-order valence-electron chi connectivity index (χ1n) is 6.47. The molecule has 1 aromatic carbocycles. The van der Waals surface area contributed by atoms with Crippen LogP contribution in [0.15, 0.2) is 24.3 Å². The Labute approximate surface area is 109 Å². The van der Waals surface area contributed by atoms with Crippen LogP contribution in [-0.2, 0) is 0 Å². The van der Waals surface area contributed by atoms with Gasteiger partial charge in [-0.05, 0) is 38.5 Å². The number of nitrogens with zero attached hydrogens (tertiary/aromatic N) is 2. The van der Waals surface area contributed by atoms with Gasteiger partial charge < -0.3 is 10.2 Å². The molecular formula is C15H21N3. The van der Waals surface area contributed by atoms with E-state index in [1.807, 2.05) is 0 Å². The second kappa shape index (κ2) is 4.99. The van der Waals surface area contributed by atoms with Gasteiger partial charge in [0.15, 0.2) is 0 Å². The highest BCUT2D eigenvalue weighted by Gasteiger charge is 2.32. The molecule has 1 heterocycles. The molecule has 2 rings (SSSR count). The normalized spacial score (nSPS) is 22.6. The third-order valence-corrected chi connectivity index (χ3v) is 3.48. The minimum atomic E-state index is 0.0930. The number of aryl methyl sites for hydroxylation is 1. The van der Waals surface area contributed by atoms with Crippen molar-refractivity contribution in [2.24, 2.45) is 0 Å². The van der Waals surface area contributed by atoms with Gasteiger partial charge in [0.1, 0.15) is 0 Å². The minimum absolute atomic E-state index is 0.0930. The number of hydrogen-bond donors (Lipinski definition) is 1. The Hall–Kier alpha value is -1.53. The van der Waals surface area contributed by atoms with Crippen LogP contribution >= 0.6 is 0 Å². The Bertz CT molecular complexity index is 459. The van der Waals surface area contributed by atoms with E-state index in [0.29, 0.717) is 6.42 Å². The van der Waals surface area contributed by atoms with E-state index in [-0.39, 0.29) is 11.6 Å². The summed E-state index contributed by atoms with van der Waals surface area (Å²) in [6.07, 6.45) is 0.566. The van der Waals surface area contributed by atoms with Gasteiger partial charge in [-0.25, -0.2) is 0 Å². The van der Waals surface area contributed by atoms with Gasteiger partial charge in [-0.2, -0.15) is 5.26 Å². The first-order valence-corrected chi connectivity index (χ1v) is 6.47. The first-order chi connectivity index (χ1) is 8.52. The smallest absolute Gasteiger partial charge is 0.0643 e. The number of nitriles is 1. The molecule has 1 saturated heterocycles. The molecule has 1 aliphatic heterocycles. The molecule has 1 aliphatic rings. The Morgan fingerprint density at radius 1 is 1.50 bits per heavy atom. The lowest BCUT2D eigenvalue weighted by Gasteiger charge is -2.45. The van der Waals surface area contributed by atoms with Crippen molar-refractivity contribution >= 4 is 5.69 Å². The Morgan fingerprint density at radius 3 is 2.94 bits per heavy atom. The average molecular weight is 243 g/mol. The summed E-state index contributed by atoms with van der Waals surface area (Å²) in [4.78, 5) is 2.37. The van der Waals surface area contributed by atoms with Crippen molar-refractivity contribution in [3.8, 4) is 6.07 Å². The highest BCUT2D eigenvalue weighted by Crippen LogP contribution is 2.25. The van der Waals surface area contributed by atoms with E-state index in [0.717, 1.165) is 13.1 Å². The van der Waals surface area contributed by atoms with Crippen molar-refractivity contribution in [2.75, 3.05) is 18.0 Å². The molecule has 0 spiro atoms. The van der Waals surface area contributed by atoms with Crippen molar-refractivity contribution < 1.29 is 0 Å². The molecule has 96 valence electrons. The van der Waals surface area contributed by atoms with Gasteiger partial charge in [0.2, 0.25) is 0 Å². The SMILES string of the molecule is Cc1cccc(N2CC(C)(C)NCC2CC#N)c1. The zero-order valence-electron chi connectivity index (χ0n) is 11.4. The van der Waals surface area contributed by atoms with Crippen LogP contribution < -0.4 is 10.2 Å². The predicted octanol–water partition coefficient (Wildman–Crippen LogP) is 2.47. The van der Waals surface area contributed by atoms with Crippen LogP contribution in [0.4, 0.5) is 5.69 Å². The number of rotatable bonds is 2. The molecular weight excluding hydrogens is 222 g/mol. The van der Waals surface area contributed by atoms with Gasteiger partial charge >= 0.3 is 0 Å². The largest absolute Gasteiger partial charge is 0.364 e. The van der Waals surface area contributed by atoms with Crippen molar-refractivity contribution in [3.05, 3.63) is 29.8 Å². The van der Waals surface area contributed by atoms with E-state index in [1.165, 1.54) is 11.3 Å². The molecule has 1 aromatic rings. The van der Waals surface area contributed by atoms with E-state index in [4.69, 9.17) is 5.26 Å². The maximum absolute atomic E-state index is 8.96. The summed E-state index contributed by atoms with van der Waals surface area (Å²) in [6.45, 7) is 8.32. The highest BCUT2D eigenvalue weighted by atomic mass is 15.3. The fourth-order valence-electron chi connectivity index (χ4n) is 2.51. The second-order valence-corrected chi connectivity index (χ2v) is 5.75. The second-order valence-electron chi connectivity index (χ2n) is 5.75. The van der Waals surface area contributed by atoms with Crippen molar-refractivity contribution in [3.63, 3.8) is 0 Å². The van der Waals surface area contributed by atoms with Gasteiger partial charge in [-0.1, -0.05) is 12.1 Å². The van der Waals surface area contributed by atoms with Gasteiger partial charge in [0.05, 0.1) is 18.5 Å². The Morgan fingerprint density at radius 2 is 2.28 bits per heavy atom. The van der Waals surface area contributed by atoms with Gasteiger partial charge in [-0.3, -0.25) is 0 Å². The van der Waals surface area contributed by atoms with Crippen LogP contribution in [0.3, 0.4) is 0 Å². The molecule has 3 heteroatoms. The third-order valence-electron chi connectivity index (χ3n) is 3.48. The number of anilines is 1. The van der Waals surface area contributed by atoms with Crippen LogP contribution in [-0.4, -0.2) is 24.7 Å². The van der Waals surface area contributed by atoms with Gasteiger partial charge in [-0.15, -0.1) is 0 Å². The molecule has 0 bridgehead atoms. The maximum atomic E-state index is 8.96. The maximum Gasteiger partial charge on any atom is 0.0643 e. The topological polar surface area (TPSA) is 39.1 Å². The summed E-state index contributed by atoms with van der Waals surface area (Å²) < 4.78 is 0. The van der Waals surface area contributed by atoms with E-state index < -0.39 is 0 Å². The van der Waals surface area contributed by atoms with Crippen LogP contribution in [0.25, 0.3) is 0 Å². The fourth-order valence-corrected chi connectivity index (χ4v) is 2.51. The molecule has 0 aliphatic carbocycles. The zero-order chi connectivity index (χ0) is 13.2. The summed E-state index contributed by atoms with van der Waals surface area (Å²) in [5.74, 6) is 0. The zero-order valence-corrected chi connectivity index (χ0v) is 11.4. The summed E-state index contributed by atoms with van der Waals surface area (Å²) in [7, 11) is 0. The summed E-state index contributed by atoms with van der Waals surface area (Å²) in [5.41, 5.74) is 2.58. The minimum Gasteiger partial charge on any atom is -0.364 e. The predicted molar refractivity (Wildman–Crippen MR) is 74.6 cm³/mol. The molecule has 0 amide bonds. The molecule has 0 aromatic heterocycles. The molecule has 1 N–H and O–H groups in total. The van der Waals surface area contributed by atoms with E-state index in [1.54, 1.807) is 0 Å². The average Bonchev–Trinajstić information content (AvgIpc) is 2.31.